The molecule has 2 N–H and O–H groups in total. The van der Waals surface area contributed by atoms with Crippen molar-refractivity contribution in [2.24, 2.45) is 0 Å². The number of anilines is 3. The summed E-state index contributed by atoms with van der Waals surface area (Å²) in [5.74, 6) is 0.397. The summed E-state index contributed by atoms with van der Waals surface area (Å²) in [7, 11) is 0. The second kappa shape index (κ2) is 9.77. The van der Waals surface area contributed by atoms with E-state index in [-0.39, 0.29) is 24.2 Å². The number of nitrogens with zero attached hydrogens (tertiary/aromatic N) is 2. The second-order valence-electron chi connectivity index (χ2n) is 6.80. The van der Waals surface area contributed by atoms with Crippen molar-refractivity contribution in [2.45, 2.75) is 0 Å². The predicted molar refractivity (Wildman–Crippen MR) is 114 cm³/mol. The van der Waals surface area contributed by atoms with E-state index in [4.69, 9.17) is 13.9 Å². The first-order chi connectivity index (χ1) is 15.2. The van der Waals surface area contributed by atoms with Crippen molar-refractivity contribution in [1.82, 2.24) is 4.98 Å². The fraction of sp³-hybridized carbons (Fsp3) is 0.227. The number of hydrogen-bond acceptors (Lipinski definition) is 7. The number of carbonyl (C=O) groups is 2. The van der Waals surface area contributed by atoms with E-state index >= 15 is 0 Å². The van der Waals surface area contributed by atoms with E-state index in [1.165, 1.54) is 6.26 Å². The average Bonchev–Trinajstić information content (AvgIpc) is 3.34. The molecule has 1 aromatic carbocycles. The Balaban J connectivity index is 1.27. The van der Waals surface area contributed by atoms with Gasteiger partial charge in [-0.25, -0.2) is 4.98 Å². The maximum atomic E-state index is 12.2. The number of ether oxygens (including phenoxy) is 2. The fourth-order valence-electron chi connectivity index (χ4n) is 3.06. The molecular weight excluding hydrogens is 400 g/mol. The Hall–Kier alpha value is -3.85. The number of furan rings is 1. The molecule has 1 aliphatic heterocycles. The minimum Gasteiger partial charge on any atom is -0.484 e. The van der Waals surface area contributed by atoms with Crippen molar-refractivity contribution in [2.75, 3.05) is 48.4 Å². The van der Waals surface area contributed by atoms with Gasteiger partial charge in [-0.15, -0.1) is 0 Å². The highest BCUT2D eigenvalue weighted by molar-refractivity contribution is 6.02. The van der Waals surface area contributed by atoms with Crippen LogP contribution in [-0.2, 0) is 9.53 Å². The lowest BCUT2D eigenvalue weighted by Gasteiger charge is -2.28. The Morgan fingerprint density at radius 2 is 1.94 bits per heavy atom. The van der Waals surface area contributed by atoms with Crippen LogP contribution in [0.5, 0.6) is 5.75 Å². The van der Waals surface area contributed by atoms with Crippen LogP contribution in [-0.4, -0.2) is 49.7 Å². The zero-order valence-corrected chi connectivity index (χ0v) is 16.7. The number of pyridine rings is 1. The quantitative estimate of drug-likeness (QED) is 0.603. The van der Waals surface area contributed by atoms with E-state index in [1.54, 1.807) is 48.7 Å². The van der Waals surface area contributed by atoms with E-state index in [9.17, 15) is 9.59 Å². The van der Waals surface area contributed by atoms with Crippen LogP contribution in [0, 0.1) is 0 Å². The first-order valence-electron chi connectivity index (χ1n) is 9.84. The number of morpholine rings is 1. The summed E-state index contributed by atoms with van der Waals surface area (Å²) in [6.45, 7) is 2.85. The molecule has 1 fully saturated rings. The highest BCUT2D eigenvalue weighted by atomic mass is 16.5. The summed E-state index contributed by atoms with van der Waals surface area (Å²) in [5, 5.41) is 5.42. The van der Waals surface area contributed by atoms with Crippen molar-refractivity contribution >= 4 is 29.0 Å². The maximum absolute atomic E-state index is 12.2. The SMILES string of the molecule is O=C(COc1cccc(NC(=O)c2ccco2)c1)Nc1ccc(N2CCOCC2)cn1. The largest absolute Gasteiger partial charge is 0.484 e. The van der Waals surface area contributed by atoms with Gasteiger partial charge in [0.1, 0.15) is 11.6 Å². The summed E-state index contributed by atoms with van der Waals surface area (Å²) in [5.41, 5.74) is 1.52. The minimum absolute atomic E-state index is 0.192. The van der Waals surface area contributed by atoms with E-state index in [1.807, 2.05) is 6.07 Å². The highest BCUT2D eigenvalue weighted by Crippen LogP contribution is 2.19. The number of carbonyl (C=O) groups excluding carboxylic acids is 2. The number of hydrogen-bond donors (Lipinski definition) is 2. The molecule has 2 aromatic heterocycles. The molecule has 3 aromatic rings. The summed E-state index contributed by atoms with van der Waals surface area (Å²) < 4.78 is 15.9. The van der Waals surface area contributed by atoms with Gasteiger partial charge in [0, 0.05) is 24.8 Å². The third-order valence-electron chi connectivity index (χ3n) is 4.60. The molecule has 0 atom stereocenters. The van der Waals surface area contributed by atoms with Crippen LogP contribution in [0.3, 0.4) is 0 Å². The molecule has 9 nitrogen and oxygen atoms in total. The van der Waals surface area contributed by atoms with Crippen LogP contribution in [0.15, 0.2) is 65.4 Å². The second-order valence-corrected chi connectivity index (χ2v) is 6.80. The fourth-order valence-corrected chi connectivity index (χ4v) is 3.06. The van der Waals surface area contributed by atoms with E-state index < -0.39 is 0 Å². The first-order valence-corrected chi connectivity index (χ1v) is 9.84. The zero-order valence-electron chi connectivity index (χ0n) is 16.7. The van der Waals surface area contributed by atoms with Crippen molar-refractivity contribution < 1.29 is 23.5 Å². The molecule has 4 rings (SSSR count). The van der Waals surface area contributed by atoms with E-state index in [0.717, 1.165) is 18.8 Å². The third kappa shape index (κ3) is 5.61. The molecule has 0 saturated carbocycles. The van der Waals surface area contributed by atoms with Crippen LogP contribution >= 0.6 is 0 Å². The van der Waals surface area contributed by atoms with Crippen LogP contribution < -0.4 is 20.3 Å². The monoisotopic (exact) mass is 422 g/mol. The molecule has 0 aliphatic carbocycles. The summed E-state index contributed by atoms with van der Waals surface area (Å²) in [6.07, 6.45) is 3.16. The molecule has 0 bridgehead atoms. The van der Waals surface area contributed by atoms with E-state index in [0.29, 0.717) is 30.5 Å². The van der Waals surface area contributed by atoms with Crippen LogP contribution in [0.25, 0.3) is 0 Å². The number of rotatable bonds is 7. The van der Waals surface area contributed by atoms with Crippen LogP contribution in [0.4, 0.5) is 17.2 Å². The molecule has 0 radical (unpaired) electrons. The van der Waals surface area contributed by atoms with Crippen molar-refractivity contribution in [3.8, 4) is 5.75 Å². The summed E-state index contributed by atoms with van der Waals surface area (Å²) in [4.78, 5) is 30.7. The van der Waals surface area contributed by atoms with Gasteiger partial charge >= 0.3 is 0 Å². The Kier molecular flexibility index (Phi) is 6.44. The molecule has 2 amide bonds. The van der Waals surface area contributed by atoms with Gasteiger partial charge in [-0.1, -0.05) is 6.07 Å². The molecular formula is C22H22N4O5. The summed E-state index contributed by atoms with van der Waals surface area (Å²) in [6, 6.07) is 13.6. The Morgan fingerprint density at radius 3 is 2.68 bits per heavy atom. The summed E-state index contributed by atoms with van der Waals surface area (Å²) >= 11 is 0. The number of nitrogens with one attached hydrogen (secondary N) is 2. The Morgan fingerprint density at radius 1 is 1.06 bits per heavy atom. The smallest absolute Gasteiger partial charge is 0.291 e. The van der Waals surface area contributed by atoms with Crippen LogP contribution in [0.2, 0.25) is 0 Å². The lowest BCUT2D eigenvalue weighted by molar-refractivity contribution is -0.118. The van der Waals surface area contributed by atoms with Gasteiger partial charge in [-0.2, -0.15) is 0 Å². The van der Waals surface area contributed by atoms with Gasteiger partial charge in [0.25, 0.3) is 11.8 Å². The van der Waals surface area contributed by atoms with Gasteiger partial charge in [0.2, 0.25) is 0 Å². The van der Waals surface area contributed by atoms with E-state index in [2.05, 4.69) is 20.5 Å². The normalized spacial score (nSPS) is 13.5. The molecule has 0 unspecified atom stereocenters. The predicted octanol–water partition coefficient (Wildman–Crippen LogP) is 2.78. The molecule has 9 heteroatoms. The Bertz CT molecular complexity index is 1010. The number of amides is 2. The van der Waals surface area contributed by atoms with Crippen LogP contribution in [0.1, 0.15) is 10.6 Å². The number of aromatic nitrogens is 1. The van der Waals surface area contributed by atoms with Crippen molar-refractivity contribution in [3.63, 3.8) is 0 Å². The lowest BCUT2D eigenvalue weighted by Crippen LogP contribution is -2.36. The van der Waals surface area contributed by atoms with Gasteiger partial charge in [0.05, 0.1) is 31.4 Å². The molecule has 31 heavy (non-hydrogen) atoms. The first kappa shape index (κ1) is 20.4. The molecule has 1 saturated heterocycles. The molecule has 160 valence electrons. The van der Waals surface area contributed by atoms with Crippen molar-refractivity contribution in [1.29, 1.82) is 0 Å². The number of benzene rings is 1. The standard InChI is InChI=1S/C22H22N4O5/c27-21(25-20-7-6-17(14-23-20)26-8-11-29-12-9-26)15-31-18-4-1-3-16(13-18)24-22(28)19-5-2-10-30-19/h1-7,10,13-14H,8-9,11-12,15H2,(H,24,28)(H,23,25,27). The topological polar surface area (TPSA) is 106 Å². The van der Waals surface area contributed by atoms with Gasteiger partial charge in [-0.3, -0.25) is 9.59 Å². The average molecular weight is 422 g/mol. The molecule has 0 spiro atoms. The Labute approximate surface area is 179 Å². The maximum Gasteiger partial charge on any atom is 0.291 e. The van der Waals surface area contributed by atoms with Gasteiger partial charge < -0.3 is 29.4 Å². The molecule has 3 heterocycles. The van der Waals surface area contributed by atoms with Gasteiger partial charge in [0.15, 0.2) is 12.4 Å². The molecule has 1 aliphatic rings. The minimum atomic E-state index is -0.369. The third-order valence-corrected chi connectivity index (χ3v) is 4.60. The van der Waals surface area contributed by atoms with Crippen molar-refractivity contribution in [3.05, 3.63) is 66.8 Å². The zero-order chi connectivity index (χ0) is 21.5. The van der Waals surface area contributed by atoms with Gasteiger partial charge in [-0.05, 0) is 36.4 Å². The lowest BCUT2D eigenvalue weighted by atomic mass is 10.3. The highest BCUT2D eigenvalue weighted by Gasteiger charge is 2.12.